The first kappa shape index (κ1) is 11.2. The third-order valence-electron chi connectivity index (χ3n) is 1.96. The second kappa shape index (κ2) is 4.29. The predicted octanol–water partition coefficient (Wildman–Crippen LogP) is -0.788. The number of H-pyrrole nitrogens is 1. The Morgan fingerprint density at radius 2 is 1.94 bits per heavy atom. The molecule has 17 heavy (non-hydrogen) atoms. The van der Waals surface area contributed by atoms with Crippen molar-refractivity contribution in [2.75, 3.05) is 0 Å². The summed E-state index contributed by atoms with van der Waals surface area (Å²) in [5.41, 5.74) is 0.629. The third kappa shape index (κ3) is 2.28. The number of sulfonamides is 1. The summed E-state index contributed by atoms with van der Waals surface area (Å²) in [6.45, 7) is 0. The van der Waals surface area contributed by atoms with E-state index in [1.54, 1.807) is 4.72 Å². The molecule has 0 atom stereocenters. The molecule has 1 aromatic carbocycles. The number of aromatic amines is 1. The summed E-state index contributed by atoms with van der Waals surface area (Å²) in [4.78, 5) is 9.96. The van der Waals surface area contributed by atoms with Crippen molar-refractivity contribution in [1.82, 2.24) is 25.3 Å². The van der Waals surface area contributed by atoms with Crippen LogP contribution in [0.4, 0.5) is 0 Å². The lowest BCUT2D eigenvalue weighted by Gasteiger charge is -2.01. The van der Waals surface area contributed by atoms with Gasteiger partial charge in [-0.1, -0.05) is 0 Å². The zero-order valence-electron chi connectivity index (χ0n) is 8.28. The molecule has 2 aromatic rings. The van der Waals surface area contributed by atoms with Crippen molar-refractivity contribution < 1.29 is 13.2 Å². The number of hydrogen-bond donors (Lipinski definition) is 2. The molecule has 0 aliphatic heterocycles. The van der Waals surface area contributed by atoms with Crippen LogP contribution in [-0.4, -0.2) is 35.5 Å². The molecule has 1 aromatic heterocycles. The smallest absolute Gasteiger partial charge is 0.262 e. The summed E-state index contributed by atoms with van der Waals surface area (Å²) in [6, 6.07) is 5.69. The van der Waals surface area contributed by atoms with Gasteiger partial charge in [0, 0.05) is 5.56 Å². The summed E-state index contributed by atoms with van der Waals surface area (Å²) in [5.74, 6) is 0.420. The summed E-state index contributed by atoms with van der Waals surface area (Å²) >= 11 is 0. The lowest BCUT2D eigenvalue weighted by Crippen LogP contribution is -2.21. The maximum Gasteiger partial charge on any atom is 0.324 e. The lowest BCUT2D eigenvalue weighted by atomic mass is 10.2. The molecule has 1 amide bonds. The fraction of sp³-hybridized carbons (Fsp3) is 0. The summed E-state index contributed by atoms with van der Waals surface area (Å²) in [7, 11) is -3.83. The van der Waals surface area contributed by atoms with Gasteiger partial charge in [-0.05, 0) is 34.7 Å². The van der Waals surface area contributed by atoms with Crippen LogP contribution >= 0.6 is 0 Å². The molecule has 0 spiro atoms. The molecule has 0 aliphatic carbocycles. The van der Waals surface area contributed by atoms with Gasteiger partial charge in [-0.2, -0.15) is 0 Å². The Labute approximate surface area is 96.1 Å². The molecule has 2 rings (SSSR count). The molecule has 0 bridgehead atoms. The largest absolute Gasteiger partial charge is 0.324 e. The number of nitrogens with one attached hydrogen (secondary N) is 2. The van der Waals surface area contributed by atoms with Crippen molar-refractivity contribution in [3.05, 3.63) is 24.3 Å². The molecule has 1 heterocycles. The molecule has 2 N–H and O–H groups in total. The highest BCUT2D eigenvalue weighted by atomic mass is 32.2. The summed E-state index contributed by atoms with van der Waals surface area (Å²) < 4.78 is 24.4. The quantitative estimate of drug-likeness (QED) is 0.688. The molecule has 9 heteroatoms. The van der Waals surface area contributed by atoms with Gasteiger partial charge in [0.2, 0.25) is 0 Å². The van der Waals surface area contributed by atoms with Gasteiger partial charge >= 0.3 is 6.41 Å². The topological polar surface area (TPSA) is 118 Å². The Hall–Kier alpha value is -2.29. The van der Waals surface area contributed by atoms with Gasteiger partial charge in [0.25, 0.3) is 10.0 Å². The van der Waals surface area contributed by atoms with E-state index in [0.29, 0.717) is 11.4 Å². The molecular formula is C8H6N5O3S. The van der Waals surface area contributed by atoms with Crippen LogP contribution in [-0.2, 0) is 14.8 Å². The normalized spacial score (nSPS) is 11.1. The number of aromatic nitrogens is 4. The van der Waals surface area contributed by atoms with E-state index in [2.05, 4.69) is 20.6 Å². The monoisotopic (exact) mass is 252 g/mol. The van der Waals surface area contributed by atoms with Gasteiger partial charge in [-0.15, -0.1) is 5.10 Å². The van der Waals surface area contributed by atoms with Gasteiger partial charge in [-0.3, -0.25) is 4.79 Å². The first-order chi connectivity index (χ1) is 8.13. The SMILES string of the molecule is O=[C]NS(=O)(=O)c1ccc(-c2nnn[nH]2)cc1. The number of hydrogen-bond acceptors (Lipinski definition) is 6. The lowest BCUT2D eigenvalue weighted by molar-refractivity contribution is 0.547. The Balaban J connectivity index is 2.34. The van der Waals surface area contributed by atoms with E-state index in [0.717, 1.165) is 6.41 Å². The summed E-state index contributed by atoms with van der Waals surface area (Å²) in [6.07, 6.45) is 1.12. The molecule has 8 nitrogen and oxygen atoms in total. The van der Waals surface area contributed by atoms with Crippen molar-refractivity contribution in [3.8, 4) is 11.4 Å². The average Bonchev–Trinajstić information content (AvgIpc) is 2.82. The second-order valence-electron chi connectivity index (χ2n) is 2.98. The van der Waals surface area contributed by atoms with Crippen molar-refractivity contribution in [1.29, 1.82) is 0 Å². The van der Waals surface area contributed by atoms with Crippen molar-refractivity contribution in [2.24, 2.45) is 0 Å². The average molecular weight is 252 g/mol. The number of benzene rings is 1. The first-order valence-electron chi connectivity index (χ1n) is 4.36. The van der Waals surface area contributed by atoms with Crippen LogP contribution in [0.5, 0.6) is 0 Å². The van der Waals surface area contributed by atoms with Gasteiger partial charge in [0.15, 0.2) is 5.82 Å². The first-order valence-corrected chi connectivity index (χ1v) is 5.85. The van der Waals surface area contributed by atoms with Gasteiger partial charge in [-0.25, -0.2) is 18.2 Å². The van der Waals surface area contributed by atoms with Gasteiger partial charge in [0.05, 0.1) is 4.90 Å². The van der Waals surface area contributed by atoms with E-state index in [-0.39, 0.29) is 4.90 Å². The van der Waals surface area contributed by atoms with E-state index in [1.165, 1.54) is 24.3 Å². The number of nitrogens with zero attached hydrogens (tertiary/aromatic N) is 3. The van der Waals surface area contributed by atoms with Crippen LogP contribution in [0.15, 0.2) is 29.2 Å². The summed E-state index contributed by atoms with van der Waals surface area (Å²) in [5, 5.41) is 13.0. The van der Waals surface area contributed by atoms with Crippen molar-refractivity contribution in [3.63, 3.8) is 0 Å². The zero-order chi connectivity index (χ0) is 12.3. The van der Waals surface area contributed by atoms with E-state index in [9.17, 15) is 13.2 Å². The van der Waals surface area contributed by atoms with Crippen LogP contribution in [0.25, 0.3) is 11.4 Å². The van der Waals surface area contributed by atoms with Gasteiger partial charge in [0.1, 0.15) is 0 Å². The molecule has 1 radical (unpaired) electrons. The molecule has 87 valence electrons. The standard InChI is InChI=1S/C8H6N5O3S/c14-5-9-17(15,16)7-3-1-6(2-4-7)8-10-12-13-11-8/h1-4H,(H,9,14)(H,10,11,12,13). The molecule has 0 aliphatic rings. The maximum absolute atomic E-state index is 11.4. The minimum Gasteiger partial charge on any atom is -0.262 e. The Bertz CT molecular complexity index is 605. The van der Waals surface area contributed by atoms with Crippen LogP contribution in [0.1, 0.15) is 0 Å². The highest BCUT2D eigenvalue weighted by Crippen LogP contribution is 2.16. The predicted molar refractivity (Wildman–Crippen MR) is 55.6 cm³/mol. The molecule has 0 unspecified atom stereocenters. The van der Waals surface area contributed by atoms with E-state index >= 15 is 0 Å². The zero-order valence-corrected chi connectivity index (χ0v) is 9.10. The highest BCUT2D eigenvalue weighted by Gasteiger charge is 2.13. The molecule has 0 saturated heterocycles. The number of amides is 1. The number of carbonyl (C=O) groups excluding carboxylic acids is 1. The van der Waals surface area contributed by atoms with E-state index in [4.69, 9.17) is 0 Å². The Morgan fingerprint density at radius 3 is 2.47 bits per heavy atom. The minimum absolute atomic E-state index is 0.0444. The fourth-order valence-electron chi connectivity index (χ4n) is 1.19. The Kier molecular flexibility index (Phi) is 2.83. The fourth-order valence-corrected chi connectivity index (χ4v) is 1.91. The minimum atomic E-state index is -3.83. The van der Waals surface area contributed by atoms with Crippen LogP contribution in [0.2, 0.25) is 0 Å². The Morgan fingerprint density at radius 1 is 1.24 bits per heavy atom. The van der Waals surface area contributed by atoms with Crippen molar-refractivity contribution in [2.45, 2.75) is 4.90 Å². The maximum atomic E-state index is 11.4. The molecule has 0 fully saturated rings. The molecular weight excluding hydrogens is 246 g/mol. The number of rotatable bonds is 4. The van der Waals surface area contributed by atoms with Crippen LogP contribution in [0.3, 0.4) is 0 Å². The highest BCUT2D eigenvalue weighted by molar-refractivity contribution is 7.90. The van der Waals surface area contributed by atoms with E-state index < -0.39 is 10.0 Å². The van der Waals surface area contributed by atoms with Crippen LogP contribution < -0.4 is 4.72 Å². The number of tetrazole rings is 1. The van der Waals surface area contributed by atoms with Crippen LogP contribution in [0, 0.1) is 0 Å². The van der Waals surface area contributed by atoms with Crippen molar-refractivity contribution >= 4 is 16.4 Å². The second-order valence-corrected chi connectivity index (χ2v) is 4.66. The van der Waals surface area contributed by atoms with Gasteiger partial charge < -0.3 is 0 Å². The van der Waals surface area contributed by atoms with E-state index in [1.807, 2.05) is 0 Å². The third-order valence-corrected chi connectivity index (χ3v) is 3.20. The molecule has 0 saturated carbocycles.